The van der Waals surface area contributed by atoms with Crippen molar-refractivity contribution < 1.29 is 35.8 Å². The Labute approximate surface area is 360 Å². The number of benzene rings is 4. The Hall–Kier alpha value is -4.93. The van der Waals surface area contributed by atoms with Crippen molar-refractivity contribution >= 4 is 53.0 Å². The normalized spacial score (nSPS) is 11.1. The number of nitrogens with one attached hydrogen (secondary N) is 1. The molecule has 17 heteroatoms. The van der Waals surface area contributed by atoms with Crippen LogP contribution in [-0.4, -0.2) is 59.5 Å². The van der Waals surface area contributed by atoms with Crippen molar-refractivity contribution in [3.05, 3.63) is 166 Å². The van der Waals surface area contributed by atoms with Crippen LogP contribution in [0.25, 0.3) is 0 Å². The van der Waals surface area contributed by atoms with Crippen LogP contribution < -0.4 is 24.3 Å². The fourth-order valence-corrected chi connectivity index (χ4v) is 7.37. The van der Waals surface area contributed by atoms with E-state index in [0.29, 0.717) is 11.5 Å². The summed E-state index contributed by atoms with van der Waals surface area (Å²) in [6.07, 6.45) is 2.37. The van der Waals surface area contributed by atoms with E-state index in [1.54, 1.807) is 52.7 Å². The highest BCUT2D eigenvalue weighted by Crippen LogP contribution is 2.24. The van der Waals surface area contributed by atoms with Gasteiger partial charge in [0.05, 0.1) is 28.4 Å². The molecule has 0 atom stereocenters. The highest BCUT2D eigenvalue weighted by Gasteiger charge is 2.25. The van der Waals surface area contributed by atoms with Crippen LogP contribution in [0.1, 0.15) is 22.3 Å². The van der Waals surface area contributed by atoms with Crippen LogP contribution in [0.4, 0.5) is 0 Å². The molecule has 4 aromatic carbocycles. The standard InChI is InChI=1S/C21H21ClN2O4S.C16H19NO2.C5H3Cl2NO2S/c1-27-18-7-3-16(4-8-18)14-24(15-17-5-9-19(28-2)10-6-17)29(25,26)20-11-12-21(22)23-13-20;1-18-15-7-3-13(4-8-15)11-17-12-14-5-9-16(19-2)10-6-14;6-5-2-1-4(3-8-5)11(7,9)10/h3-13H,14-15H2,1-2H3;3-10,17H,11-12H2,1-2H3;1-3H. The summed E-state index contributed by atoms with van der Waals surface area (Å²) in [6, 6.07) is 36.3. The van der Waals surface area contributed by atoms with Crippen LogP contribution in [0, 0.1) is 0 Å². The lowest BCUT2D eigenvalue weighted by atomic mass is 10.2. The molecule has 0 aliphatic heterocycles. The Morgan fingerprint density at radius 2 is 0.814 bits per heavy atom. The lowest BCUT2D eigenvalue weighted by molar-refractivity contribution is 0.397. The smallest absolute Gasteiger partial charge is 0.262 e. The Morgan fingerprint density at radius 3 is 1.10 bits per heavy atom. The molecule has 2 aromatic heterocycles. The predicted octanol–water partition coefficient (Wildman–Crippen LogP) is 8.80. The van der Waals surface area contributed by atoms with Crippen molar-refractivity contribution in [2.75, 3.05) is 28.4 Å². The molecule has 6 aromatic rings. The number of nitrogens with zero attached hydrogens (tertiary/aromatic N) is 3. The van der Waals surface area contributed by atoms with Gasteiger partial charge in [-0.2, -0.15) is 4.31 Å². The average Bonchev–Trinajstić information content (AvgIpc) is 3.25. The minimum atomic E-state index is -3.80. The Bertz CT molecular complexity index is 2300. The highest BCUT2D eigenvalue weighted by molar-refractivity contribution is 8.13. The zero-order valence-electron chi connectivity index (χ0n) is 32.6. The number of halogens is 3. The second kappa shape index (κ2) is 23.0. The van der Waals surface area contributed by atoms with Crippen LogP contribution in [0.15, 0.2) is 144 Å². The topological polar surface area (TPSA) is 146 Å². The van der Waals surface area contributed by atoms with Crippen molar-refractivity contribution in [2.24, 2.45) is 0 Å². The van der Waals surface area contributed by atoms with E-state index >= 15 is 0 Å². The number of hydrogen-bond donors (Lipinski definition) is 1. The van der Waals surface area contributed by atoms with Crippen LogP contribution in [0.3, 0.4) is 0 Å². The van der Waals surface area contributed by atoms with Gasteiger partial charge < -0.3 is 24.3 Å². The summed E-state index contributed by atoms with van der Waals surface area (Å²) >= 11 is 11.2. The van der Waals surface area contributed by atoms with Crippen molar-refractivity contribution in [1.82, 2.24) is 19.6 Å². The van der Waals surface area contributed by atoms with Crippen LogP contribution in [0.2, 0.25) is 10.3 Å². The molecule has 0 fully saturated rings. The summed E-state index contributed by atoms with van der Waals surface area (Å²) < 4.78 is 69.9. The quantitative estimate of drug-likeness (QED) is 0.0780. The molecule has 0 bridgehead atoms. The maximum atomic E-state index is 13.3. The van der Waals surface area contributed by atoms with E-state index in [0.717, 1.165) is 41.9 Å². The number of ether oxygens (including phenoxy) is 4. The predicted molar refractivity (Wildman–Crippen MR) is 230 cm³/mol. The maximum absolute atomic E-state index is 13.3. The molecule has 312 valence electrons. The molecule has 0 aliphatic carbocycles. The number of methoxy groups -OCH3 is 4. The third-order valence-corrected chi connectivity index (χ3v) is 11.9. The van der Waals surface area contributed by atoms with E-state index < -0.39 is 19.1 Å². The molecule has 6 rings (SSSR count). The molecule has 0 saturated heterocycles. The lowest BCUT2D eigenvalue weighted by Crippen LogP contribution is -2.30. The summed E-state index contributed by atoms with van der Waals surface area (Å²) in [7, 11) is 4.06. The molecule has 59 heavy (non-hydrogen) atoms. The molecule has 0 saturated carbocycles. The Kier molecular flexibility index (Phi) is 18.2. The van der Waals surface area contributed by atoms with Gasteiger partial charge in [0.25, 0.3) is 9.05 Å². The monoisotopic (exact) mass is 900 g/mol. The number of hydrogen-bond acceptors (Lipinski definition) is 11. The summed E-state index contributed by atoms with van der Waals surface area (Å²) in [5, 5.41) is 3.88. The number of aromatic nitrogens is 2. The Balaban J connectivity index is 0.000000219. The number of pyridine rings is 2. The summed E-state index contributed by atoms with van der Waals surface area (Å²) in [4.78, 5) is 7.50. The second-order valence-electron chi connectivity index (χ2n) is 12.3. The van der Waals surface area contributed by atoms with Gasteiger partial charge in [-0.25, -0.2) is 26.8 Å². The van der Waals surface area contributed by atoms with Gasteiger partial charge in [-0.3, -0.25) is 0 Å². The van der Waals surface area contributed by atoms with Gasteiger partial charge >= 0.3 is 0 Å². The molecular weight excluding hydrogens is 859 g/mol. The number of sulfonamides is 1. The molecule has 0 unspecified atom stereocenters. The first-order valence-corrected chi connectivity index (χ1v) is 22.1. The first kappa shape index (κ1) is 46.8. The van der Waals surface area contributed by atoms with Gasteiger partial charge in [-0.1, -0.05) is 71.7 Å². The zero-order valence-corrected chi connectivity index (χ0v) is 36.5. The van der Waals surface area contributed by atoms with E-state index in [-0.39, 0.29) is 33.2 Å². The van der Waals surface area contributed by atoms with Gasteiger partial charge in [0.1, 0.15) is 43.1 Å². The first-order valence-electron chi connectivity index (χ1n) is 17.6. The fourth-order valence-electron chi connectivity index (χ4n) is 5.10. The molecule has 0 radical (unpaired) electrons. The Morgan fingerprint density at radius 1 is 0.492 bits per heavy atom. The third kappa shape index (κ3) is 15.3. The summed E-state index contributed by atoms with van der Waals surface area (Å²) in [5.41, 5.74) is 4.17. The van der Waals surface area contributed by atoms with Gasteiger partial charge in [-0.15, -0.1) is 0 Å². The van der Waals surface area contributed by atoms with Crippen LogP contribution in [0.5, 0.6) is 23.0 Å². The highest BCUT2D eigenvalue weighted by atomic mass is 35.7. The average molecular weight is 902 g/mol. The van der Waals surface area contributed by atoms with Crippen molar-refractivity contribution in [1.29, 1.82) is 0 Å². The fraction of sp³-hybridized carbons (Fsp3) is 0.190. The van der Waals surface area contributed by atoms with Gasteiger partial charge in [0.2, 0.25) is 10.0 Å². The van der Waals surface area contributed by atoms with Crippen molar-refractivity contribution in [3.63, 3.8) is 0 Å². The minimum absolute atomic E-state index is 0.0523. The second-order valence-corrected chi connectivity index (χ2v) is 17.6. The summed E-state index contributed by atoms with van der Waals surface area (Å²) in [6.45, 7) is 2.08. The molecular formula is C42H43Cl3N4O8S2. The van der Waals surface area contributed by atoms with E-state index in [1.807, 2.05) is 48.5 Å². The summed E-state index contributed by atoms with van der Waals surface area (Å²) in [5.74, 6) is 3.19. The zero-order chi connectivity index (χ0) is 42.8. The SMILES string of the molecule is COc1ccc(CN(Cc2ccc(OC)cc2)S(=O)(=O)c2ccc(Cl)nc2)cc1.COc1ccc(CNCc2ccc(OC)cc2)cc1.O=S(=O)(Cl)c1ccc(Cl)nc1. The molecule has 0 amide bonds. The van der Waals surface area contributed by atoms with Crippen LogP contribution in [-0.2, 0) is 45.3 Å². The third-order valence-electron chi connectivity index (χ3n) is 8.33. The maximum Gasteiger partial charge on any atom is 0.262 e. The minimum Gasteiger partial charge on any atom is -0.497 e. The molecule has 12 nitrogen and oxygen atoms in total. The van der Waals surface area contributed by atoms with Gasteiger partial charge in [0, 0.05) is 49.3 Å². The van der Waals surface area contributed by atoms with Crippen molar-refractivity contribution in [2.45, 2.75) is 36.0 Å². The molecule has 0 aliphatic rings. The molecule has 1 N–H and O–H groups in total. The molecule has 2 heterocycles. The number of rotatable bonds is 15. The van der Waals surface area contributed by atoms with E-state index in [9.17, 15) is 16.8 Å². The lowest BCUT2D eigenvalue weighted by Gasteiger charge is -2.22. The van der Waals surface area contributed by atoms with E-state index in [4.69, 9.17) is 52.8 Å². The largest absolute Gasteiger partial charge is 0.497 e. The van der Waals surface area contributed by atoms with E-state index in [2.05, 4.69) is 39.6 Å². The van der Waals surface area contributed by atoms with Crippen molar-refractivity contribution in [3.8, 4) is 23.0 Å². The van der Waals surface area contributed by atoms with E-state index in [1.165, 1.54) is 45.9 Å². The first-order chi connectivity index (χ1) is 28.2. The van der Waals surface area contributed by atoms with Crippen LogP contribution >= 0.6 is 33.9 Å². The molecule has 0 spiro atoms. The van der Waals surface area contributed by atoms with Gasteiger partial charge in [-0.05, 0) is 95.1 Å². The van der Waals surface area contributed by atoms with Gasteiger partial charge in [0.15, 0.2) is 0 Å².